The third kappa shape index (κ3) is 4.88. The van der Waals surface area contributed by atoms with Crippen LogP contribution in [0.2, 0.25) is 0 Å². The molecule has 1 saturated carbocycles. The topological polar surface area (TPSA) is 80.0 Å². The van der Waals surface area contributed by atoms with Crippen LogP contribution in [0, 0.1) is 5.82 Å². The van der Waals surface area contributed by atoms with Crippen LogP contribution >= 0.6 is 11.8 Å². The first kappa shape index (κ1) is 20.6. The molecule has 1 heterocycles. The number of benzene rings is 2. The molecule has 1 aromatic heterocycles. The number of rotatable bonds is 6. The monoisotopic (exact) mass is 426 g/mol. The third-order valence-electron chi connectivity index (χ3n) is 5.14. The quantitative estimate of drug-likeness (QED) is 0.589. The summed E-state index contributed by atoms with van der Waals surface area (Å²) >= 11 is 1.31. The molecule has 1 aliphatic carbocycles. The van der Waals surface area contributed by atoms with Gasteiger partial charge in [-0.15, -0.1) is 10.2 Å². The van der Waals surface area contributed by atoms with Crippen molar-refractivity contribution in [1.82, 2.24) is 20.1 Å². The molecule has 0 atom stereocenters. The number of thioether (sulfide) groups is 1. The standard InChI is InChI=1S/C22H23FN4O2S/c23-16-8-6-15(7-9-16)21-25-26-22(27(21)18-4-2-1-3-5-18)30-14-20(29)24-17-10-12-19(28)13-11-17/h1-9,17,19,28H,10-14H2,(H,24,29). The number of carbonyl (C=O) groups is 1. The Kier molecular flexibility index (Phi) is 6.44. The number of hydrogen-bond donors (Lipinski definition) is 2. The van der Waals surface area contributed by atoms with Crippen molar-refractivity contribution in [2.24, 2.45) is 0 Å². The van der Waals surface area contributed by atoms with Gasteiger partial charge in [-0.3, -0.25) is 9.36 Å². The molecule has 0 aliphatic heterocycles. The summed E-state index contributed by atoms with van der Waals surface area (Å²) in [5.74, 6) is 0.428. The fourth-order valence-corrected chi connectivity index (χ4v) is 4.34. The van der Waals surface area contributed by atoms with Crippen LogP contribution in [-0.2, 0) is 4.79 Å². The van der Waals surface area contributed by atoms with Gasteiger partial charge in [0.25, 0.3) is 0 Å². The molecule has 1 aliphatic rings. The van der Waals surface area contributed by atoms with Crippen LogP contribution in [0.5, 0.6) is 0 Å². The molecule has 6 nitrogen and oxygen atoms in total. The Morgan fingerprint density at radius 1 is 1.07 bits per heavy atom. The number of para-hydroxylation sites is 1. The van der Waals surface area contributed by atoms with E-state index in [0.717, 1.165) is 36.9 Å². The van der Waals surface area contributed by atoms with E-state index in [1.54, 1.807) is 12.1 Å². The van der Waals surface area contributed by atoms with Crippen LogP contribution in [-0.4, -0.2) is 43.7 Å². The summed E-state index contributed by atoms with van der Waals surface area (Å²) in [7, 11) is 0. The Morgan fingerprint density at radius 2 is 1.77 bits per heavy atom. The van der Waals surface area contributed by atoms with E-state index in [-0.39, 0.29) is 29.6 Å². The van der Waals surface area contributed by atoms with E-state index < -0.39 is 0 Å². The molecule has 0 spiro atoms. The molecule has 2 N–H and O–H groups in total. The smallest absolute Gasteiger partial charge is 0.230 e. The first-order valence-electron chi connectivity index (χ1n) is 9.97. The van der Waals surface area contributed by atoms with Crippen LogP contribution < -0.4 is 5.32 Å². The normalized spacial score (nSPS) is 18.9. The Labute approximate surface area is 178 Å². The van der Waals surface area contributed by atoms with Gasteiger partial charge in [0.1, 0.15) is 5.82 Å². The van der Waals surface area contributed by atoms with Crippen LogP contribution in [0.25, 0.3) is 17.1 Å². The Morgan fingerprint density at radius 3 is 2.47 bits per heavy atom. The highest BCUT2D eigenvalue weighted by Gasteiger charge is 2.22. The number of nitrogens with one attached hydrogen (secondary N) is 1. The predicted octanol–water partition coefficient (Wildman–Crippen LogP) is 3.59. The lowest BCUT2D eigenvalue weighted by molar-refractivity contribution is -0.119. The number of hydrogen-bond acceptors (Lipinski definition) is 5. The van der Waals surface area contributed by atoms with Gasteiger partial charge < -0.3 is 10.4 Å². The minimum absolute atomic E-state index is 0.0627. The summed E-state index contributed by atoms with van der Waals surface area (Å²) in [4.78, 5) is 12.4. The maximum absolute atomic E-state index is 13.3. The summed E-state index contributed by atoms with van der Waals surface area (Å²) in [6.07, 6.45) is 2.80. The highest BCUT2D eigenvalue weighted by molar-refractivity contribution is 7.99. The average molecular weight is 427 g/mol. The molecular formula is C22H23FN4O2S. The van der Waals surface area contributed by atoms with Gasteiger partial charge in [-0.1, -0.05) is 30.0 Å². The minimum atomic E-state index is -0.314. The molecule has 8 heteroatoms. The zero-order valence-corrected chi connectivity index (χ0v) is 17.2. The number of halogens is 1. The molecule has 1 fully saturated rings. The van der Waals surface area contributed by atoms with E-state index >= 15 is 0 Å². The second-order valence-electron chi connectivity index (χ2n) is 7.35. The summed E-state index contributed by atoms with van der Waals surface area (Å²) in [5, 5.41) is 21.8. The molecule has 0 unspecified atom stereocenters. The molecule has 3 aromatic rings. The van der Waals surface area contributed by atoms with Crippen molar-refractivity contribution >= 4 is 17.7 Å². The van der Waals surface area contributed by atoms with Gasteiger partial charge in [-0.05, 0) is 62.1 Å². The number of amides is 1. The van der Waals surface area contributed by atoms with Gasteiger partial charge in [0.15, 0.2) is 11.0 Å². The molecule has 30 heavy (non-hydrogen) atoms. The van der Waals surface area contributed by atoms with Crippen molar-refractivity contribution in [3.8, 4) is 17.1 Å². The molecular weight excluding hydrogens is 403 g/mol. The summed E-state index contributed by atoms with van der Waals surface area (Å²) in [6, 6.07) is 15.9. The van der Waals surface area contributed by atoms with Crippen molar-refractivity contribution < 1.29 is 14.3 Å². The Balaban J connectivity index is 1.51. The molecule has 0 bridgehead atoms. The van der Waals surface area contributed by atoms with Crippen LogP contribution in [0.3, 0.4) is 0 Å². The minimum Gasteiger partial charge on any atom is -0.393 e. The second kappa shape index (κ2) is 9.40. The lowest BCUT2D eigenvalue weighted by Crippen LogP contribution is -2.39. The van der Waals surface area contributed by atoms with Crippen LogP contribution in [0.15, 0.2) is 59.8 Å². The molecule has 156 valence electrons. The van der Waals surface area contributed by atoms with Crippen molar-refractivity contribution in [3.05, 3.63) is 60.4 Å². The number of aromatic nitrogens is 3. The molecule has 4 rings (SSSR count). The maximum atomic E-state index is 13.3. The predicted molar refractivity (Wildman–Crippen MR) is 114 cm³/mol. The maximum Gasteiger partial charge on any atom is 0.230 e. The molecule has 0 saturated heterocycles. The number of carbonyl (C=O) groups excluding carboxylic acids is 1. The third-order valence-corrected chi connectivity index (χ3v) is 6.07. The van der Waals surface area contributed by atoms with E-state index in [1.165, 1.54) is 23.9 Å². The number of aliphatic hydroxyl groups excluding tert-OH is 1. The number of nitrogens with zero attached hydrogens (tertiary/aromatic N) is 3. The lowest BCUT2D eigenvalue weighted by atomic mass is 9.93. The van der Waals surface area contributed by atoms with Crippen LogP contribution in [0.4, 0.5) is 4.39 Å². The van der Waals surface area contributed by atoms with E-state index in [1.807, 2.05) is 34.9 Å². The number of aliphatic hydroxyl groups is 1. The molecule has 2 aromatic carbocycles. The average Bonchev–Trinajstić information content (AvgIpc) is 3.19. The summed E-state index contributed by atoms with van der Waals surface area (Å²) in [6.45, 7) is 0. The van der Waals surface area contributed by atoms with Crippen LogP contribution in [0.1, 0.15) is 25.7 Å². The Hall–Kier alpha value is -2.71. The van der Waals surface area contributed by atoms with Crippen molar-refractivity contribution in [2.45, 2.75) is 43.0 Å². The summed E-state index contributed by atoms with van der Waals surface area (Å²) in [5.41, 5.74) is 1.61. The largest absolute Gasteiger partial charge is 0.393 e. The summed E-state index contributed by atoms with van der Waals surface area (Å²) < 4.78 is 15.2. The molecule has 0 radical (unpaired) electrons. The Bertz CT molecular complexity index is 986. The first-order chi connectivity index (χ1) is 14.6. The SMILES string of the molecule is O=C(CSc1nnc(-c2ccc(F)cc2)n1-c1ccccc1)NC1CCC(O)CC1. The van der Waals surface area contributed by atoms with Gasteiger partial charge in [0, 0.05) is 17.3 Å². The first-order valence-corrected chi connectivity index (χ1v) is 11.0. The zero-order chi connectivity index (χ0) is 20.9. The van der Waals surface area contributed by atoms with E-state index in [4.69, 9.17) is 0 Å². The highest BCUT2D eigenvalue weighted by Crippen LogP contribution is 2.28. The lowest BCUT2D eigenvalue weighted by Gasteiger charge is -2.26. The van der Waals surface area contributed by atoms with Gasteiger partial charge in [0.2, 0.25) is 5.91 Å². The van der Waals surface area contributed by atoms with Gasteiger partial charge in [0.05, 0.1) is 11.9 Å². The van der Waals surface area contributed by atoms with Crippen molar-refractivity contribution in [1.29, 1.82) is 0 Å². The van der Waals surface area contributed by atoms with Gasteiger partial charge >= 0.3 is 0 Å². The van der Waals surface area contributed by atoms with Gasteiger partial charge in [-0.2, -0.15) is 0 Å². The van der Waals surface area contributed by atoms with Gasteiger partial charge in [-0.25, -0.2) is 4.39 Å². The fraction of sp³-hybridized carbons (Fsp3) is 0.318. The van der Waals surface area contributed by atoms with Crippen molar-refractivity contribution in [3.63, 3.8) is 0 Å². The van der Waals surface area contributed by atoms with E-state index in [2.05, 4.69) is 15.5 Å². The van der Waals surface area contributed by atoms with E-state index in [0.29, 0.717) is 11.0 Å². The highest BCUT2D eigenvalue weighted by atomic mass is 32.2. The van der Waals surface area contributed by atoms with Crippen molar-refractivity contribution in [2.75, 3.05) is 5.75 Å². The zero-order valence-electron chi connectivity index (χ0n) is 16.4. The second-order valence-corrected chi connectivity index (χ2v) is 8.29. The van der Waals surface area contributed by atoms with E-state index in [9.17, 15) is 14.3 Å². The molecule has 1 amide bonds. The fourth-order valence-electron chi connectivity index (χ4n) is 3.58.